The fraction of sp³-hybridized carbons (Fsp3) is 0.333. The first-order chi connectivity index (χ1) is 14.4. The molecule has 0 radical (unpaired) electrons. The number of aromatic nitrogens is 1. The molecule has 0 unspecified atom stereocenters. The molecule has 0 N–H and O–H groups in total. The van der Waals surface area contributed by atoms with E-state index in [9.17, 15) is 13.2 Å². The van der Waals surface area contributed by atoms with Crippen LogP contribution >= 0.6 is 0 Å². The molecule has 0 aliphatic heterocycles. The Kier molecular flexibility index (Phi) is 7.21. The minimum atomic E-state index is -3.60. The molecule has 1 aromatic heterocycles. The third kappa shape index (κ3) is 6.13. The van der Waals surface area contributed by atoms with Crippen molar-refractivity contribution in [1.82, 2.24) is 4.98 Å². The molecule has 3 rings (SSSR count). The molecule has 2 aromatic carbocycles. The summed E-state index contributed by atoms with van der Waals surface area (Å²) in [4.78, 5) is 16.6. The van der Waals surface area contributed by atoms with Crippen LogP contribution in [0.1, 0.15) is 42.3 Å². The smallest absolute Gasteiger partial charge is 0.226 e. The highest BCUT2D eigenvalue weighted by atomic mass is 32.2. The monoisotopic (exact) mass is 425 g/mol. The van der Waals surface area contributed by atoms with Gasteiger partial charge in [0.1, 0.15) is 17.3 Å². The van der Waals surface area contributed by atoms with E-state index in [0.29, 0.717) is 23.8 Å². The van der Waals surface area contributed by atoms with Gasteiger partial charge in [0, 0.05) is 12.0 Å². The Labute approximate surface area is 178 Å². The molecular weight excluding hydrogens is 398 g/mol. The highest BCUT2D eigenvalue weighted by molar-refractivity contribution is 7.91. The minimum absolute atomic E-state index is 0.251. The molecule has 0 amide bonds. The lowest BCUT2D eigenvalue weighted by Gasteiger charge is -2.03. The van der Waals surface area contributed by atoms with Gasteiger partial charge in [0.25, 0.3) is 0 Å². The highest BCUT2D eigenvalue weighted by Crippen LogP contribution is 2.23. The van der Waals surface area contributed by atoms with Crippen molar-refractivity contribution in [2.24, 2.45) is 0 Å². The maximum atomic E-state index is 12.5. The zero-order valence-corrected chi connectivity index (χ0v) is 18.2. The van der Waals surface area contributed by atoms with Crippen molar-refractivity contribution in [3.05, 3.63) is 77.2 Å². The lowest BCUT2D eigenvalue weighted by Crippen LogP contribution is -2.18. The minimum Gasteiger partial charge on any atom is -0.441 e. The van der Waals surface area contributed by atoms with Crippen molar-refractivity contribution >= 4 is 15.6 Å². The number of nitrogens with zero attached hydrogens (tertiary/aromatic N) is 1. The van der Waals surface area contributed by atoms with Gasteiger partial charge in [-0.1, -0.05) is 49.4 Å². The van der Waals surface area contributed by atoms with Crippen LogP contribution in [0.25, 0.3) is 11.5 Å². The van der Waals surface area contributed by atoms with E-state index >= 15 is 0 Å². The molecule has 6 heteroatoms. The molecule has 0 fully saturated rings. The summed E-state index contributed by atoms with van der Waals surface area (Å²) >= 11 is 0. The Hall–Kier alpha value is -2.73. The van der Waals surface area contributed by atoms with E-state index in [2.05, 4.69) is 11.9 Å². The largest absolute Gasteiger partial charge is 0.441 e. The van der Waals surface area contributed by atoms with Crippen molar-refractivity contribution in [3.8, 4) is 11.5 Å². The molecule has 0 atom stereocenters. The molecule has 0 bridgehead atoms. The first kappa shape index (κ1) is 22.0. The maximum absolute atomic E-state index is 12.5. The molecule has 0 saturated carbocycles. The molecule has 158 valence electrons. The van der Waals surface area contributed by atoms with Gasteiger partial charge in [-0.05, 0) is 49.4 Å². The summed E-state index contributed by atoms with van der Waals surface area (Å²) in [7, 11) is -3.60. The van der Waals surface area contributed by atoms with Crippen LogP contribution in [0.5, 0.6) is 0 Å². The van der Waals surface area contributed by atoms with Crippen LogP contribution in [0.15, 0.2) is 59.0 Å². The average molecular weight is 426 g/mol. The maximum Gasteiger partial charge on any atom is 0.226 e. The number of aryl methyl sites for hydroxylation is 3. The summed E-state index contributed by atoms with van der Waals surface area (Å²) < 4.78 is 30.7. The summed E-state index contributed by atoms with van der Waals surface area (Å²) in [5.41, 5.74) is 3.51. The molecule has 3 aromatic rings. The normalized spacial score (nSPS) is 11.5. The Morgan fingerprint density at radius 2 is 1.70 bits per heavy atom. The van der Waals surface area contributed by atoms with E-state index < -0.39 is 15.6 Å². The van der Waals surface area contributed by atoms with Gasteiger partial charge in [-0.25, -0.2) is 13.4 Å². The fourth-order valence-electron chi connectivity index (χ4n) is 3.28. The van der Waals surface area contributed by atoms with Crippen molar-refractivity contribution < 1.29 is 17.6 Å². The zero-order valence-electron chi connectivity index (χ0n) is 17.4. The number of hydrogen-bond donors (Lipinski definition) is 0. The second-order valence-corrected chi connectivity index (χ2v) is 9.55. The average Bonchev–Trinajstić information content (AvgIpc) is 3.08. The predicted molar refractivity (Wildman–Crippen MR) is 118 cm³/mol. The SMILES string of the molecule is CCc1ccc(-c2nc(CS(=O)(=O)CC(=O)CCCc3ccccc3)c(C)o2)cc1. The third-order valence-corrected chi connectivity index (χ3v) is 6.48. The van der Waals surface area contributed by atoms with E-state index in [-0.39, 0.29) is 18.0 Å². The van der Waals surface area contributed by atoms with E-state index in [1.165, 1.54) is 5.56 Å². The van der Waals surface area contributed by atoms with Gasteiger partial charge in [0.05, 0.1) is 11.4 Å². The number of carbonyl (C=O) groups is 1. The number of oxazole rings is 1. The quantitative estimate of drug-likeness (QED) is 0.470. The van der Waals surface area contributed by atoms with E-state index in [1.54, 1.807) is 6.92 Å². The highest BCUT2D eigenvalue weighted by Gasteiger charge is 2.22. The topological polar surface area (TPSA) is 77.2 Å². The Balaban J connectivity index is 1.57. The molecule has 30 heavy (non-hydrogen) atoms. The van der Waals surface area contributed by atoms with Crippen LogP contribution in [0.3, 0.4) is 0 Å². The Morgan fingerprint density at radius 1 is 1.00 bits per heavy atom. The standard InChI is InChI=1S/C24H27NO4S/c1-3-19-12-14-21(15-13-19)24-25-23(18(2)29-24)17-30(27,28)16-22(26)11-7-10-20-8-5-4-6-9-20/h4-6,8-9,12-15H,3,7,10-11,16-17H2,1-2H3. The molecule has 0 aliphatic carbocycles. The van der Waals surface area contributed by atoms with Crippen molar-refractivity contribution in [2.75, 3.05) is 5.75 Å². The molecule has 0 aliphatic rings. The van der Waals surface area contributed by atoms with Crippen LogP contribution in [0.4, 0.5) is 0 Å². The van der Waals surface area contributed by atoms with Gasteiger partial charge < -0.3 is 4.42 Å². The Bertz CT molecular complexity index is 1080. The van der Waals surface area contributed by atoms with E-state index in [1.807, 2.05) is 54.6 Å². The van der Waals surface area contributed by atoms with E-state index in [0.717, 1.165) is 24.0 Å². The van der Waals surface area contributed by atoms with Gasteiger partial charge in [0.15, 0.2) is 9.84 Å². The van der Waals surface area contributed by atoms with Gasteiger partial charge in [-0.2, -0.15) is 0 Å². The van der Waals surface area contributed by atoms with E-state index in [4.69, 9.17) is 4.42 Å². The van der Waals surface area contributed by atoms with Gasteiger partial charge >= 0.3 is 0 Å². The summed E-state index contributed by atoms with van der Waals surface area (Å²) in [6.07, 6.45) is 2.59. The molecule has 5 nitrogen and oxygen atoms in total. The van der Waals surface area contributed by atoms with Gasteiger partial charge in [-0.15, -0.1) is 0 Å². The van der Waals surface area contributed by atoms with Crippen LogP contribution in [-0.2, 0) is 33.2 Å². The summed E-state index contributed by atoms with van der Waals surface area (Å²) in [6.45, 7) is 3.78. The predicted octanol–water partition coefficient (Wildman–Crippen LogP) is 4.72. The first-order valence-electron chi connectivity index (χ1n) is 10.2. The molecule has 0 saturated heterocycles. The third-order valence-electron chi connectivity index (χ3n) is 5.00. The van der Waals surface area contributed by atoms with Crippen LogP contribution in [0.2, 0.25) is 0 Å². The molecule has 1 heterocycles. The number of Topliss-reactive ketones (excluding diaryl/α,β-unsaturated/α-hetero) is 1. The second-order valence-electron chi connectivity index (χ2n) is 7.48. The number of benzene rings is 2. The number of hydrogen-bond acceptors (Lipinski definition) is 5. The van der Waals surface area contributed by atoms with Crippen molar-refractivity contribution in [3.63, 3.8) is 0 Å². The number of carbonyl (C=O) groups excluding carboxylic acids is 1. The van der Waals surface area contributed by atoms with Crippen LogP contribution < -0.4 is 0 Å². The number of sulfone groups is 1. The summed E-state index contributed by atoms with van der Waals surface area (Å²) in [5.74, 6) is -0.157. The number of ketones is 1. The fourth-order valence-corrected chi connectivity index (χ4v) is 4.70. The Morgan fingerprint density at radius 3 is 2.37 bits per heavy atom. The number of rotatable bonds is 10. The summed E-state index contributed by atoms with van der Waals surface area (Å²) in [5, 5.41) is 0. The summed E-state index contributed by atoms with van der Waals surface area (Å²) in [6, 6.07) is 17.7. The second kappa shape index (κ2) is 9.85. The van der Waals surface area contributed by atoms with Crippen molar-refractivity contribution in [2.45, 2.75) is 45.3 Å². The van der Waals surface area contributed by atoms with Crippen molar-refractivity contribution in [1.29, 1.82) is 0 Å². The lowest BCUT2D eigenvalue weighted by atomic mass is 10.1. The van der Waals surface area contributed by atoms with Crippen LogP contribution in [0, 0.1) is 6.92 Å². The first-order valence-corrected chi connectivity index (χ1v) is 12.0. The molecule has 0 spiro atoms. The molecular formula is C24H27NO4S. The zero-order chi connectivity index (χ0) is 21.6. The van der Waals surface area contributed by atoms with Gasteiger partial charge in [0.2, 0.25) is 5.89 Å². The lowest BCUT2D eigenvalue weighted by molar-refractivity contribution is -0.116. The van der Waals surface area contributed by atoms with Crippen LogP contribution in [-0.4, -0.2) is 24.9 Å². The van der Waals surface area contributed by atoms with Gasteiger partial charge in [-0.3, -0.25) is 4.79 Å².